The molecule has 5 heteroatoms. The number of rotatable bonds is 4. The van der Waals surface area contributed by atoms with Gasteiger partial charge in [-0.25, -0.2) is 0 Å². The van der Waals surface area contributed by atoms with Gasteiger partial charge in [0.05, 0.1) is 28.5 Å². The van der Waals surface area contributed by atoms with Gasteiger partial charge in [-0.05, 0) is 40.9 Å². The minimum Gasteiger partial charge on any atom is -0.389 e. The van der Waals surface area contributed by atoms with Crippen LogP contribution in [-0.2, 0) is 20.0 Å². The van der Waals surface area contributed by atoms with Crippen LogP contribution in [0.2, 0.25) is 0 Å². The van der Waals surface area contributed by atoms with E-state index >= 15 is 0 Å². The van der Waals surface area contributed by atoms with Crippen molar-refractivity contribution < 1.29 is 5.11 Å². The molecule has 1 atom stereocenters. The lowest BCUT2D eigenvalue weighted by atomic mass is 10.2. The second-order valence-corrected chi connectivity index (χ2v) is 5.27. The average Bonchev–Trinajstić information content (AvgIpc) is 2.89. The van der Waals surface area contributed by atoms with Crippen LogP contribution in [0.3, 0.4) is 0 Å². The van der Waals surface area contributed by atoms with Crippen molar-refractivity contribution in [1.82, 2.24) is 14.3 Å². The Kier molecular flexibility index (Phi) is 3.92. The summed E-state index contributed by atoms with van der Waals surface area (Å²) in [5.74, 6) is 0. The SMILES string of the molecule is CCc1nn(C)c(Cn2ccc(C(C)O)c2)c1Br. The lowest BCUT2D eigenvalue weighted by molar-refractivity contribution is 0.199. The number of hydrogen-bond donors (Lipinski definition) is 1. The molecule has 0 aliphatic carbocycles. The molecule has 98 valence electrons. The van der Waals surface area contributed by atoms with E-state index in [0.717, 1.165) is 34.4 Å². The van der Waals surface area contributed by atoms with Crippen molar-refractivity contribution in [3.8, 4) is 0 Å². The first kappa shape index (κ1) is 13.4. The molecule has 4 nitrogen and oxygen atoms in total. The Morgan fingerprint density at radius 2 is 2.22 bits per heavy atom. The van der Waals surface area contributed by atoms with Crippen LogP contribution >= 0.6 is 15.9 Å². The maximum Gasteiger partial charge on any atom is 0.0776 e. The largest absolute Gasteiger partial charge is 0.389 e. The van der Waals surface area contributed by atoms with E-state index in [9.17, 15) is 5.11 Å². The molecule has 1 N–H and O–H groups in total. The highest BCUT2D eigenvalue weighted by Crippen LogP contribution is 2.23. The molecule has 2 rings (SSSR count). The molecular formula is C13H18BrN3O. The number of nitrogens with zero attached hydrogens (tertiary/aromatic N) is 3. The van der Waals surface area contributed by atoms with E-state index in [0.29, 0.717) is 0 Å². The van der Waals surface area contributed by atoms with Crippen LogP contribution in [0.1, 0.15) is 36.9 Å². The van der Waals surface area contributed by atoms with Gasteiger partial charge in [0.25, 0.3) is 0 Å². The maximum atomic E-state index is 9.51. The molecule has 18 heavy (non-hydrogen) atoms. The zero-order chi connectivity index (χ0) is 13.3. The van der Waals surface area contributed by atoms with Gasteiger partial charge in [-0.3, -0.25) is 4.68 Å². The lowest BCUT2D eigenvalue weighted by Crippen LogP contribution is -2.04. The highest BCUT2D eigenvalue weighted by atomic mass is 79.9. The first-order valence-corrected chi connectivity index (χ1v) is 6.86. The summed E-state index contributed by atoms with van der Waals surface area (Å²) in [5, 5.41) is 14.0. The fourth-order valence-corrected chi connectivity index (χ4v) is 2.71. The molecule has 0 aliphatic rings. The van der Waals surface area contributed by atoms with Gasteiger partial charge in [-0.15, -0.1) is 0 Å². The quantitative estimate of drug-likeness (QED) is 0.943. The molecule has 1 unspecified atom stereocenters. The van der Waals surface area contributed by atoms with Crippen LogP contribution in [0.4, 0.5) is 0 Å². The fraction of sp³-hybridized carbons (Fsp3) is 0.462. The number of aliphatic hydroxyl groups excluding tert-OH is 1. The third-order valence-corrected chi connectivity index (χ3v) is 4.01. The zero-order valence-corrected chi connectivity index (χ0v) is 12.5. The van der Waals surface area contributed by atoms with Gasteiger partial charge in [-0.1, -0.05) is 6.92 Å². The fourth-order valence-electron chi connectivity index (χ4n) is 1.97. The van der Waals surface area contributed by atoms with Crippen molar-refractivity contribution in [2.24, 2.45) is 7.05 Å². The standard InChI is InChI=1S/C13H18BrN3O/c1-4-11-13(14)12(16(3)15-11)8-17-6-5-10(7-17)9(2)18/h5-7,9,18H,4,8H2,1-3H3. The minimum absolute atomic E-state index is 0.424. The monoisotopic (exact) mass is 311 g/mol. The van der Waals surface area contributed by atoms with Gasteiger partial charge in [0.2, 0.25) is 0 Å². The van der Waals surface area contributed by atoms with E-state index in [1.807, 2.05) is 30.2 Å². The second-order valence-electron chi connectivity index (χ2n) is 4.48. The molecule has 2 heterocycles. The van der Waals surface area contributed by atoms with Crippen LogP contribution in [0.15, 0.2) is 22.9 Å². The van der Waals surface area contributed by atoms with Gasteiger partial charge in [0, 0.05) is 19.4 Å². The summed E-state index contributed by atoms with van der Waals surface area (Å²) < 4.78 is 5.05. The Bertz CT molecular complexity index is 542. The van der Waals surface area contributed by atoms with Crippen molar-refractivity contribution in [3.63, 3.8) is 0 Å². The van der Waals surface area contributed by atoms with Gasteiger partial charge in [0.1, 0.15) is 0 Å². The Balaban J connectivity index is 2.25. The Labute approximate surface area is 115 Å². The Morgan fingerprint density at radius 1 is 1.50 bits per heavy atom. The summed E-state index contributed by atoms with van der Waals surface area (Å²) in [7, 11) is 1.96. The smallest absolute Gasteiger partial charge is 0.0776 e. The molecule has 0 saturated heterocycles. The van der Waals surface area contributed by atoms with Crippen LogP contribution in [0, 0.1) is 0 Å². The Hall–Kier alpha value is -1.07. The average molecular weight is 312 g/mol. The highest BCUT2D eigenvalue weighted by Gasteiger charge is 2.13. The number of hydrogen-bond acceptors (Lipinski definition) is 2. The summed E-state index contributed by atoms with van der Waals surface area (Å²) in [5.41, 5.74) is 3.15. The third-order valence-electron chi connectivity index (χ3n) is 3.09. The van der Waals surface area contributed by atoms with E-state index in [4.69, 9.17) is 0 Å². The Morgan fingerprint density at radius 3 is 2.72 bits per heavy atom. The predicted molar refractivity (Wildman–Crippen MR) is 74.5 cm³/mol. The van der Waals surface area contributed by atoms with Crippen LogP contribution in [0.25, 0.3) is 0 Å². The highest BCUT2D eigenvalue weighted by molar-refractivity contribution is 9.10. The van der Waals surface area contributed by atoms with Crippen molar-refractivity contribution in [3.05, 3.63) is 39.9 Å². The molecule has 0 amide bonds. The van der Waals surface area contributed by atoms with Gasteiger partial charge in [-0.2, -0.15) is 5.10 Å². The maximum absolute atomic E-state index is 9.51. The van der Waals surface area contributed by atoms with Crippen LogP contribution < -0.4 is 0 Å². The van der Waals surface area contributed by atoms with E-state index < -0.39 is 6.10 Å². The van der Waals surface area contributed by atoms with E-state index in [1.165, 1.54) is 0 Å². The first-order valence-electron chi connectivity index (χ1n) is 6.07. The molecule has 0 bridgehead atoms. The van der Waals surface area contributed by atoms with Gasteiger partial charge in [0.15, 0.2) is 0 Å². The second kappa shape index (κ2) is 5.28. The minimum atomic E-state index is -0.424. The molecular weight excluding hydrogens is 294 g/mol. The van der Waals surface area contributed by atoms with Crippen molar-refractivity contribution >= 4 is 15.9 Å². The molecule has 2 aromatic heterocycles. The molecule has 0 spiro atoms. The summed E-state index contributed by atoms with van der Waals surface area (Å²) in [6, 6.07) is 1.94. The molecule has 0 fully saturated rings. The lowest BCUT2D eigenvalue weighted by Gasteiger charge is -2.05. The number of halogens is 1. The number of aliphatic hydroxyl groups is 1. The summed E-state index contributed by atoms with van der Waals surface area (Å²) in [4.78, 5) is 0. The van der Waals surface area contributed by atoms with E-state index in [2.05, 4.69) is 32.5 Å². The van der Waals surface area contributed by atoms with Crippen molar-refractivity contribution in [2.45, 2.75) is 32.9 Å². The van der Waals surface area contributed by atoms with Crippen molar-refractivity contribution in [2.75, 3.05) is 0 Å². The van der Waals surface area contributed by atoms with E-state index in [-0.39, 0.29) is 0 Å². The van der Waals surface area contributed by atoms with Gasteiger partial charge >= 0.3 is 0 Å². The number of aromatic nitrogens is 3. The normalized spacial score (nSPS) is 12.9. The predicted octanol–water partition coefficient (Wildman–Crippen LogP) is 2.65. The van der Waals surface area contributed by atoms with Crippen LogP contribution in [-0.4, -0.2) is 19.5 Å². The van der Waals surface area contributed by atoms with Gasteiger partial charge < -0.3 is 9.67 Å². The molecule has 2 aromatic rings. The first-order chi connectivity index (χ1) is 8.52. The topological polar surface area (TPSA) is 43.0 Å². The zero-order valence-electron chi connectivity index (χ0n) is 10.9. The summed E-state index contributed by atoms with van der Waals surface area (Å²) in [6.07, 6.45) is 4.44. The molecule has 0 saturated carbocycles. The van der Waals surface area contributed by atoms with Crippen molar-refractivity contribution in [1.29, 1.82) is 0 Å². The molecule has 0 aliphatic heterocycles. The molecule has 0 radical (unpaired) electrons. The summed E-state index contributed by atoms with van der Waals surface area (Å²) in [6.45, 7) is 4.61. The van der Waals surface area contributed by atoms with Crippen LogP contribution in [0.5, 0.6) is 0 Å². The number of aryl methyl sites for hydroxylation is 2. The molecule has 0 aromatic carbocycles. The summed E-state index contributed by atoms with van der Waals surface area (Å²) >= 11 is 3.61. The van der Waals surface area contributed by atoms with E-state index in [1.54, 1.807) is 6.92 Å². The third kappa shape index (κ3) is 2.52.